The summed E-state index contributed by atoms with van der Waals surface area (Å²) in [5.41, 5.74) is 5.86. The lowest BCUT2D eigenvalue weighted by Gasteiger charge is -2.34. The van der Waals surface area contributed by atoms with Crippen LogP contribution in [0, 0.1) is 0 Å². The number of aromatic nitrogens is 3. The van der Waals surface area contributed by atoms with E-state index in [4.69, 9.17) is 10.5 Å². The molecule has 1 aliphatic heterocycles. The van der Waals surface area contributed by atoms with Crippen molar-refractivity contribution in [3.63, 3.8) is 0 Å². The van der Waals surface area contributed by atoms with Crippen molar-refractivity contribution in [1.29, 1.82) is 0 Å². The molecule has 0 saturated carbocycles. The quantitative estimate of drug-likeness (QED) is 0.749. The first kappa shape index (κ1) is 11.3. The summed E-state index contributed by atoms with van der Waals surface area (Å²) in [6.07, 6.45) is 1.83. The van der Waals surface area contributed by atoms with Gasteiger partial charge >= 0.3 is 0 Å². The second-order valence-electron chi connectivity index (χ2n) is 4.25. The van der Waals surface area contributed by atoms with E-state index in [1.807, 2.05) is 18.7 Å². The predicted molar refractivity (Wildman–Crippen MR) is 61.3 cm³/mol. The molecule has 6 nitrogen and oxygen atoms in total. The van der Waals surface area contributed by atoms with Gasteiger partial charge in [-0.1, -0.05) is 0 Å². The van der Waals surface area contributed by atoms with E-state index in [2.05, 4.69) is 15.5 Å². The van der Waals surface area contributed by atoms with E-state index in [9.17, 15) is 0 Å². The Morgan fingerprint density at radius 1 is 1.44 bits per heavy atom. The molecule has 3 N–H and O–H groups in total. The molecule has 0 atom stereocenters. The van der Waals surface area contributed by atoms with E-state index in [-0.39, 0.29) is 5.41 Å². The number of ether oxygens (including phenoxy) is 1. The number of hydrogen-bond donors (Lipinski definition) is 2. The molecule has 0 spiro atoms. The molecule has 0 radical (unpaired) electrons. The molecule has 2 rings (SSSR count). The fourth-order valence-corrected chi connectivity index (χ4v) is 2.29. The minimum Gasteiger partial charge on any atom is -0.381 e. The zero-order chi connectivity index (χ0) is 11.6. The largest absolute Gasteiger partial charge is 0.381 e. The van der Waals surface area contributed by atoms with Gasteiger partial charge in [-0.3, -0.25) is 0 Å². The molecular weight excluding hydrogens is 206 g/mol. The monoisotopic (exact) mass is 225 g/mol. The average molecular weight is 225 g/mol. The van der Waals surface area contributed by atoms with Crippen molar-refractivity contribution < 1.29 is 4.74 Å². The first-order valence-electron chi connectivity index (χ1n) is 5.59. The van der Waals surface area contributed by atoms with Gasteiger partial charge in [0.2, 0.25) is 5.95 Å². The maximum absolute atomic E-state index is 5.93. The second kappa shape index (κ2) is 4.39. The molecule has 1 aliphatic rings. The summed E-state index contributed by atoms with van der Waals surface area (Å²) in [5, 5.41) is 11.4. The molecule has 6 heteroatoms. The normalized spacial score (nSPS) is 19.7. The predicted octanol–water partition coefficient (Wildman–Crippen LogP) is -0.136. The summed E-state index contributed by atoms with van der Waals surface area (Å²) >= 11 is 0. The topological polar surface area (TPSA) is 78.0 Å². The van der Waals surface area contributed by atoms with Crippen LogP contribution in [0.15, 0.2) is 0 Å². The van der Waals surface area contributed by atoms with E-state index in [0.717, 1.165) is 37.8 Å². The van der Waals surface area contributed by atoms with E-state index in [1.54, 1.807) is 0 Å². The second-order valence-corrected chi connectivity index (χ2v) is 4.25. The van der Waals surface area contributed by atoms with Gasteiger partial charge in [-0.05, 0) is 12.8 Å². The standard InChI is InChI=1S/C10H19N5O/c1-12-9-14-13-8(15(9)2)10(7-11)3-5-16-6-4-10/h3-7,11H2,1-2H3,(H,12,14). The SMILES string of the molecule is CNc1nnc(C2(CN)CCOCC2)n1C. The van der Waals surface area contributed by atoms with E-state index >= 15 is 0 Å². The fourth-order valence-electron chi connectivity index (χ4n) is 2.29. The fraction of sp³-hybridized carbons (Fsp3) is 0.800. The third kappa shape index (κ3) is 1.68. The van der Waals surface area contributed by atoms with Crippen LogP contribution in [0.3, 0.4) is 0 Å². The van der Waals surface area contributed by atoms with Crippen LogP contribution in [0.5, 0.6) is 0 Å². The molecule has 1 aromatic rings. The summed E-state index contributed by atoms with van der Waals surface area (Å²) in [4.78, 5) is 0. The van der Waals surface area contributed by atoms with E-state index < -0.39 is 0 Å². The number of anilines is 1. The zero-order valence-electron chi connectivity index (χ0n) is 9.86. The number of nitrogens with zero attached hydrogens (tertiary/aromatic N) is 3. The number of nitrogens with one attached hydrogen (secondary N) is 1. The van der Waals surface area contributed by atoms with Crippen molar-refractivity contribution in [1.82, 2.24) is 14.8 Å². The summed E-state index contributed by atoms with van der Waals surface area (Å²) in [7, 11) is 3.81. The van der Waals surface area contributed by atoms with Crippen LogP contribution in [0.2, 0.25) is 0 Å². The first-order valence-corrected chi connectivity index (χ1v) is 5.59. The Bertz CT molecular complexity index is 356. The summed E-state index contributed by atoms with van der Waals surface area (Å²) in [6, 6.07) is 0. The first-order chi connectivity index (χ1) is 7.73. The van der Waals surface area contributed by atoms with Crippen LogP contribution >= 0.6 is 0 Å². The van der Waals surface area contributed by atoms with Gasteiger partial charge in [0.1, 0.15) is 5.82 Å². The van der Waals surface area contributed by atoms with Gasteiger partial charge in [-0.2, -0.15) is 0 Å². The van der Waals surface area contributed by atoms with Gasteiger partial charge < -0.3 is 20.4 Å². The van der Waals surface area contributed by atoms with Gasteiger partial charge in [0, 0.05) is 39.3 Å². The third-order valence-electron chi connectivity index (χ3n) is 3.41. The zero-order valence-corrected chi connectivity index (χ0v) is 9.86. The molecule has 90 valence electrons. The Labute approximate surface area is 95.2 Å². The van der Waals surface area contributed by atoms with Gasteiger partial charge in [0.25, 0.3) is 0 Å². The lowest BCUT2D eigenvalue weighted by Crippen LogP contribution is -2.42. The molecule has 0 bridgehead atoms. The maximum Gasteiger partial charge on any atom is 0.224 e. The van der Waals surface area contributed by atoms with Crippen LogP contribution in [-0.4, -0.2) is 41.6 Å². The lowest BCUT2D eigenvalue weighted by atomic mass is 9.79. The van der Waals surface area contributed by atoms with Crippen LogP contribution in [0.1, 0.15) is 18.7 Å². The molecule has 1 fully saturated rings. The van der Waals surface area contributed by atoms with Crippen LogP contribution in [-0.2, 0) is 17.2 Å². The van der Waals surface area contributed by atoms with Crippen LogP contribution in [0.4, 0.5) is 5.95 Å². The Morgan fingerprint density at radius 2 is 2.12 bits per heavy atom. The summed E-state index contributed by atoms with van der Waals surface area (Å²) in [6.45, 7) is 2.09. The van der Waals surface area contributed by atoms with Crippen molar-refractivity contribution in [2.24, 2.45) is 12.8 Å². The summed E-state index contributed by atoms with van der Waals surface area (Å²) in [5.74, 6) is 1.73. The van der Waals surface area contributed by atoms with Crippen LogP contribution < -0.4 is 11.1 Å². The van der Waals surface area contributed by atoms with Crippen molar-refractivity contribution in [2.75, 3.05) is 32.1 Å². The lowest BCUT2D eigenvalue weighted by molar-refractivity contribution is 0.0489. The van der Waals surface area contributed by atoms with Crippen molar-refractivity contribution in [3.8, 4) is 0 Å². The highest BCUT2D eigenvalue weighted by Gasteiger charge is 2.37. The third-order valence-corrected chi connectivity index (χ3v) is 3.41. The Balaban J connectivity index is 2.35. The average Bonchev–Trinajstić information content (AvgIpc) is 2.72. The van der Waals surface area contributed by atoms with Crippen molar-refractivity contribution >= 4 is 5.95 Å². The molecule has 2 heterocycles. The van der Waals surface area contributed by atoms with Gasteiger partial charge in [-0.15, -0.1) is 10.2 Å². The highest BCUT2D eigenvalue weighted by molar-refractivity contribution is 5.27. The molecular formula is C10H19N5O. The number of hydrogen-bond acceptors (Lipinski definition) is 5. The molecule has 0 unspecified atom stereocenters. The molecule has 0 aromatic carbocycles. The van der Waals surface area contributed by atoms with Gasteiger partial charge in [0.15, 0.2) is 0 Å². The Kier molecular flexibility index (Phi) is 3.11. The molecule has 16 heavy (non-hydrogen) atoms. The van der Waals surface area contributed by atoms with Crippen molar-refractivity contribution in [3.05, 3.63) is 5.82 Å². The van der Waals surface area contributed by atoms with Gasteiger partial charge in [0.05, 0.1) is 0 Å². The smallest absolute Gasteiger partial charge is 0.224 e. The Morgan fingerprint density at radius 3 is 2.62 bits per heavy atom. The highest BCUT2D eigenvalue weighted by atomic mass is 16.5. The summed E-state index contributed by atoms with van der Waals surface area (Å²) < 4.78 is 7.38. The molecule has 1 saturated heterocycles. The minimum absolute atomic E-state index is 0.0743. The molecule has 1 aromatic heterocycles. The minimum atomic E-state index is -0.0743. The Hall–Kier alpha value is -1.14. The van der Waals surface area contributed by atoms with Crippen LogP contribution in [0.25, 0.3) is 0 Å². The van der Waals surface area contributed by atoms with Gasteiger partial charge in [-0.25, -0.2) is 0 Å². The van der Waals surface area contributed by atoms with Crippen molar-refractivity contribution in [2.45, 2.75) is 18.3 Å². The number of nitrogens with two attached hydrogens (primary N) is 1. The molecule has 0 aliphatic carbocycles. The maximum atomic E-state index is 5.93. The number of rotatable bonds is 3. The van der Waals surface area contributed by atoms with E-state index in [1.165, 1.54) is 0 Å². The van der Waals surface area contributed by atoms with E-state index in [0.29, 0.717) is 6.54 Å². The molecule has 0 amide bonds. The highest BCUT2D eigenvalue weighted by Crippen LogP contribution is 2.33.